The van der Waals surface area contributed by atoms with Crippen LogP contribution in [-0.4, -0.2) is 24.6 Å². The molecule has 2 aromatic rings. The largest absolute Gasteiger partial charge is 0.370 e. The molecule has 0 saturated carbocycles. The second-order valence-corrected chi connectivity index (χ2v) is 5.75. The zero-order chi connectivity index (χ0) is 15.4. The molecule has 0 aliphatic carbocycles. The van der Waals surface area contributed by atoms with Crippen LogP contribution in [0, 0.1) is 11.3 Å². The highest BCUT2D eigenvalue weighted by atomic mass is 16.5. The quantitative estimate of drug-likeness (QED) is 0.812. The highest BCUT2D eigenvalue weighted by Crippen LogP contribution is 2.44. The van der Waals surface area contributed by atoms with E-state index >= 15 is 0 Å². The highest BCUT2D eigenvalue weighted by molar-refractivity contribution is 5.32. The Labute approximate surface area is 131 Å². The Hall–Kier alpha value is -2.15. The molecule has 0 bridgehead atoms. The van der Waals surface area contributed by atoms with Crippen molar-refractivity contribution in [3.63, 3.8) is 0 Å². The number of ether oxygens (including phenoxy) is 1. The fourth-order valence-electron chi connectivity index (χ4n) is 3.33. The molecule has 0 spiro atoms. The van der Waals surface area contributed by atoms with E-state index in [1.54, 1.807) is 0 Å². The van der Waals surface area contributed by atoms with Crippen LogP contribution in [0.3, 0.4) is 0 Å². The third-order valence-electron chi connectivity index (χ3n) is 4.54. The van der Waals surface area contributed by atoms with Crippen LogP contribution in [0.2, 0.25) is 0 Å². The van der Waals surface area contributed by atoms with Gasteiger partial charge in [-0.2, -0.15) is 5.26 Å². The fraction of sp³-hybridized carbons (Fsp3) is 0.316. The van der Waals surface area contributed by atoms with Crippen molar-refractivity contribution in [2.45, 2.75) is 18.6 Å². The normalized spacial score (nSPS) is 25.5. The van der Waals surface area contributed by atoms with Gasteiger partial charge in [0, 0.05) is 6.54 Å². The predicted octanol–water partition coefficient (Wildman–Crippen LogP) is 3.50. The summed E-state index contributed by atoms with van der Waals surface area (Å²) in [6.07, 6.45) is -0.0850. The molecule has 1 heterocycles. The zero-order valence-electron chi connectivity index (χ0n) is 12.8. The van der Waals surface area contributed by atoms with Crippen LogP contribution < -0.4 is 0 Å². The number of hydrogen-bond acceptors (Lipinski definition) is 3. The predicted molar refractivity (Wildman–Crippen MR) is 86.1 cm³/mol. The second-order valence-electron chi connectivity index (χ2n) is 5.75. The minimum absolute atomic E-state index is 0.0850. The van der Waals surface area contributed by atoms with Crippen LogP contribution in [-0.2, 0) is 10.3 Å². The maximum atomic E-state index is 9.22. The lowest BCUT2D eigenvalue weighted by atomic mass is 9.80. The van der Waals surface area contributed by atoms with Crippen LogP contribution >= 0.6 is 0 Å². The Morgan fingerprint density at radius 3 is 2.41 bits per heavy atom. The van der Waals surface area contributed by atoms with Crippen LogP contribution in [0.4, 0.5) is 0 Å². The van der Waals surface area contributed by atoms with Gasteiger partial charge in [-0.15, -0.1) is 0 Å². The summed E-state index contributed by atoms with van der Waals surface area (Å²) in [6.45, 7) is 3.99. The van der Waals surface area contributed by atoms with Crippen molar-refractivity contribution in [1.82, 2.24) is 4.90 Å². The van der Waals surface area contributed by atoms with E-state index in [1.165, 1.54) is 5.56 Å². The maximum Gasteiger partial charge on any atom is 0.105 e. The van der Waals surface area contributed by atoms with Crippen molar-refractivity contribution in [2.24, 2.45) is 0 Å². The fourth-order valence-corrected chi connectivity index (χ4v) is 3.33. The first-order valence-electron chi connectivity index (χ1n) is 7.61. The second kappa shape index (κ2) is 6.31. The van der Waals surface area contributed by atoms with Crippen LogP contribution in [0.15, 0.2) is 60.7 Å². The molecule has 1 aliphatic heterocycles. The van der Waals surface area contributed by atoms with E-state index in [1.807, 2.05) is 36.4 Å². The molecule has 3 heteroatoms. The molecule has 2 aromatic carbocycles. The van der Waals surface area contributed by atoms with E-state index in [-0.39, 0.29) is 11.6 Å². The summed E-state index contributed by atoms with van der Waals surface area (Å²) in [6, 6.07) is 22.9. The Bertz CT molecular complexity index is 650. The number of hydrogen-bond donors (Lipinski definition) is 0. The number of nitrogens with zero attached hydrogens (tertiary/aromatic N) is 2. The molecule has 3 rings (SSSR count). The zero-order valence-corrected chi connectivity index (χ0v) is 12.8. The first-order valence-corrected chi connectivity index (χ1v) is 7.61. The Morgan fingerprint density at radius 1 is 1.14 bits per heavy atom. The number of rotatable bonds is 3. The van der Waals surface area contributed by atoms with Gasteiger partial charge in [-0.3, -0.25) is 4.90 Å². The summed E-state index contributed by atoms with van der Waals surface area (Å²) in [5.41, 5.74) is 1.98. The molecule has 1 saturated heterocycles. The summed E-state index contributed by atoms with van der Waals surface area (Å²) in [7, 11) is 0. The molecule has 2 atom stereocenters. The number of benzene rings is 2. The maximum absolute atomic E-state index is 9.22. The van der Waals surface area contributed by atoms with E-state index < -0.39 is 0 Å². The Kier molecular flexibility index (Phi) is 4.24. The highest BCUT2D eigenvalue weighted by Gasteiger charge is 2.45. The van der Waals surface area contributed by atoms with E-state index in [2.05, 4.69) is 42.2 Å². The van der Waals surface area contributed by atoms with Crippen molar-refractivity contribution < 1.29 is 4.74 Å². The average Bonchev–Trinajstić information content (AvgIpc) is 2.58. The van der Waals surface area contributed by atoms with E-state index in [9.17, 15) is 5.26 Å². The smallest absolute Gasteiger partial charge is 0.105 e. The Morgan fingerprint density at radius 2 is 1.77 bits per heavy atom. The van der Waals surface area contributed by atoms with Gasteiger partial charge in [0.15, 0.2) is 0 Å². The molecular weight excluding hydrogens is 272 g/mol. The molecule has 1 aliphatic rings. The van der Waals surface area contributed by atoms with Gasteiger partial charge in [-0.25, -0.2) is 0 Å². The van der Waals surface area contributed by atoms with Gasteiger partial charge in [0.05, 0.1) is 24.8 Å². The lowest BCUT2D eigenvalue weighted by Crippen LogP contribution is -2.54. The van der Waals surface area contributed by atoms with Gasteiger partial charge >= 0.3 is 0 Å². The SMILES string of the molecule is CC1(c2ccccc2)C(c2ccccc2)OCCN1CC#N. The molecule has 22 heavy (non-hydrogen) atoms. The van der Waals surface area contributed by atoms with Crippen LogP contribution in [0.1, 0.15) is 24.2 Å². The number of nitriles is 1. The van der Waals surface area contributed by atoms with Crippen molar-refractivity contribution >= 4 is 0 Å². The van der Waals surface area contributed by atoms with Gasteiger partial charge in [-0.05, 0) is 18.1 Å². The molecule has 0 aromatic heterocycles. The molecule has 3 nitrogen and oxygen atoms in total. The molecule has 0 radical (unpaired) electrons. The van der Waals surface area contributed by atoms with E-state index in [4.69, 9.17) is 4.74 Å². The Balaban J connectivity index is 2.09. The van der Waals surface area contributed by atoms with Crippen molar-refractivity contribution in [2.75, 3.05) is 19.7 Å². The first-order chi connectivity index (χ1) is 10.8. The van der Waals surface area contributed by atoms with E-state index in [0.717, 1.165) is 12.1 Å². The summed E-state index contributed by atoms with van der Waals surface area (Å²) >= 11 is 0. The standard InChI is InChI=1S/C19H20N2O/c1-19(17-10-6-3-7-11-17)18(16-8-4-2-5-9-16)22-15-14-21(19)13-12-20/h2-11,18H,13-15H2,1H3. The minimum atomic E-state index is -0.351. The lowest BCUT2D eigenvalue weighted by molar-refractivity contribution is -0.123. The third-order valence-corrected chi connectivity index (χ3v) is 4.54. The van der Waals surface area contributed by atoms with Crippen molar-refractivity contribution in [3.8, 4) is 6.07 Å². The van der Waals surface area contributed by atoms with Gasteiger partial charge in [0.1, 0.15) is 6.10 Å². The van der Waals surface area contributed by atoms with Crippen LogP contribution in [0.25, 0.3) is 0 Å². The van der Waals surface area contributed by atoms with E-state index in [0.29, 0.717) is 13.2 Å². The monoisotopic (exact) mass is 292 g/mol. The molecule has 112 valence electrons. The summed E-state index contributed by atoms with van der Waals surface area (Å²) in [5, 5.41) is 9.22. The van der Waals surface area contributed by atoms with Gasteiger partial charge < -0.3 is 4.74 Å². The third kappa shape index (κ3) is 2.52. The molecule has 0 N–H and O–H groups in total. The minimum Gasteiger partial charge on any atom is -0.370 e. The summed E-state index contributed by atoms with van der Waals surface area (Å²) < 4.78 is 6.16. The van der Waals surface area contributed by atoms with Crippen molar-refractivity contribution in [1.29, 1.82) is 5.26 Å². The summed E-state index contributed by atoms with van der Waals surface area (Å²) in [4.78, 5) is 2.23. The molecule has 1 fully saturated rings. The number of morpholine rings is 1. The summed E-state index contributed by atoms with van der Waals surface area (Å²) in [5.74, 6) is 0. The van der Waals surface area contributed by atoms with Gasteiger partial charge in [0.25, 0.3) is 0 Å². The first kappa shape index (κ1) is 14.8. The van der Waals surface area contributed by atoms with Gasteiger partial charge in [-0.1, -0.05) is 60.7 Å². The lowest BCUT2D eigenvalue weighted by Gasteiger charge is -2.49. The molecule has 0 amide bonds. The van der Waals surface area contributed by atoms with Crippen LogP contribution in [0.5, 0.6) is 0 Å². The molecular formula is C19H20N2O. The van der Waals surface area contributed by atoms with Crippen molar-refractivity contribution in [3.05, 3.63) is 71.8 Å². The topological polar surface area (TPSA) is 36.3 Å². The van der Waals surface area contributed by atoms with Gasteiger partial charge in [0.2, 0.25) is 0 Å². The molecule has 2 unspecified atom stereocenters. The average molecular weight is 292 g/mol.